The van der Waals surface area contributed by atoms with Gasteiger partial charge in [-0.2, -0.15) is 0 Å². The molecule has 0 heterocycles. The summed E-state index contributed by atoms with van der Waals surface area (Å²) in [4.78, 5) is 25.1. The minimum Gasteiger partial charge on any atom is -0.495 e. The minimum absolute atomic E-state index is 0.0362. The molecule has 3 aromatic carbocycles. The van der Waals surface area contributed by atoms with Crippen LogP contribution in [-0.2, 0) is 4.79 Å². The molecule has 0 saturated carbocycles. The summed E-state index contributed by atoms with van der Waals surface area (Å²) in [5.74, 6) is 0.0972. The van der Waals surface area contributed by atoms with Gasteiger partial charge < -0.3 is 20.7 Å². The lowest BCUT2D eigenvalue weighted by atomic mass is 10.1. The highest BCUT2D eigenvalue weighted by Gasteiger charge is 2.14. The third-order valence-corrected chi connectivity index (χ3v) is 4.27. The summed E-state index contributed by atoms with van der Waals surface area (Å²) >= 11 is 0. The number of nitrogens with one attached hydrogen (secondary N) is 3. The zero-order valence-electron chi connectivity index (χ0n) is 16.4. The number of carbonyl (C=O) groups is 2. The van der Waals surface area contributed by atoms with Gasteiger partial charge in [0.15, 0.2) is 0 Å². The van der Waals surface area contributed by atoms with E-state index in [1.807, 2.05) is 43.3 Å². The number of benzene rings is 3. The van der Waals surface area contributed by atoms with Gasteiger partial charge >= 0.3 is 0 Å². The van der Waals surface area contributed by atoms with Gasteiger partial charge in [0.1, 0.15) is 5.75 Å². The largest absolute Gasteiger partial charge is 0.495 e. The topological polar surface area (TPSA) is 79.5 Å². The summed E-state index contributed by atoms with van der Waals surface area (Å²) in [6.45, 7) is 2.00. The SMILES string of the molecule is COc1ccc(C)cc1NCC(=O)Nc1ccccc1C(=O)Nc1ccccc1. The molecule has 6 nitrogen and oxygen atoms in total. The summed E-state index contributed by atoms with van der Waals surface area (Å²) in [6.07, 6.45) is 0. The third-order valence-electron chi connectivity index (χ3n) is 4.27. The molecule has 0 aliphatic rings. The van der Waals surface area contributed by atoms with Crippen molar-refractivity contribution in [2.24, 2.45) is 0 Å². The first kappa shape index (κ1) is 19.9. The Kier molecular flexibility index (Phi) is 6.47. The molecule has 0 bridgehead atoms. The molecule has 0 radical (unpaired) electrons. The second-order valence-electron chi connectivity index (χ2n) is 6.47. The summed E-state index contributed by atoms with van der Waals surface area (Å²) in [7, 11) is 1.58. The monoisotopic (exact) mass is 389 g/mol. The number of aryl methyl sites for hydroxylation is 1. The Labute approximate surface area is 169 Å². The van der Waals surface area contributed by atoms with Crippen molar-refractivity contribution in [3.05, 3.63) is 83.9 Å². The number of rotatable bonds is 7. The van der Waals surface area contributed by atoms with Crippen molar-refractivity contribution in [2.75, 3.05) is 29.6 Å². The van der Waals surface area contributed by atoms with E-state index in [1.165, 1.54) is 0 Å². The van der Waals surface area contributed by atoms with Gasteiger partial charge in [-0.15, -0.1) is 0 Å². The van der Waals surface area contributed by atoms with Gasteiger partial charge in [-0.3, -0.25) is 9.59 Å². The van der Waals surface area contributed by atoms with Crippen molar-refractivity contribution < 1.29 is 14.3 Å². The van der Waals surface area contributed by atoms with E-state index in [0.29, 0.717) is 22.7 Å². The lowest BCUT2D eigenvalue weighted by Crippen LogP contribution is -2.24. The van der Waals surface area contributed by atoms with Crippen LogP contribution in [0.25, 0.3) is 0 Å². The van der Waals surface area contributed by atoms with Crippen LogP contribution in [0.1, 0.15) is 15.9 Å². The maximum absolute atomic E-state index is 12.6. The zero-order chi connectivity index (χ0) is 20.6. The Morgan fingerprint density at radius 1 is 0.862 bits per heavy atom. The van der Waals surface area contributed by atoms with Crippen molar-refractivity contribution in [2.45, 2.75) is 6.92 Å². The van der Waals surface area contributed by atoms with E-state index in [4.69, 9.17) is 4.74 Å². The first-order valence-electron chi connectivity index (χ1n) is 9.20. The summed E-state index contributed by atoms with van der Waals surface area (Å²) in [5.41, 5.74) is 3.31. The Bertz CT molecular complexity index is 1000. The van der Waals surface area contributed by atoms with Crippen LogP contribution in [0.3, 0.4) is 0 Å². The van der Waals surface area contributed by atoms with E-state index in [0.717, 1.165) is 11.3 Å². The van der Waals surface area contributed by atoms with Crippen LogP contribution in [0.4, 0.5) is 17.1 Å². The highest BCUT2D eigenvalue weighted by atomic mass is 16.5. The molecule has 0 saturated heterocycles. The summed E-state index contributed by atoms with van der Waals surface area (Å²) in [6, 6.07) is 21.8. The fraction of sp³-hybridized carbons (Fsp3) is 0.130. The van der Waals surface area contributed by atoms with E-state index >= 15 is 0 Å². The van der Waals surface area contributed by atoms with Crippen LogP contribution in [0.15, 0.2) is 72.8 Å². The number of hydrogen-bond donors (Lipinski definition) is 3. The Morgan fingerprint density at radius 2 is 1.59 bits per heavy atom. The maximum Gasteiger partial charge on any atom is 0.257 e. The number of para-hydroxylation sites is 2. The highest BCUT2D eigenvalue weighted by molar-refractivity contribution is 6.10. The molecule has 0 spiro atoms. The van der Waals surface area contributed by atoms with Gasteiger partial charge in [-0.05, 0) is 48.9 Å². The van der Waals surface area contributed by atoms with Gasteiger partial charge in [0.05, 0.1) is 30.6 Å². The van der Waals surface area contributed by atoms with Gasteiger partial charge in [-0.1, -0.05) is 36.4 Å². The Balaban J connectivity index is 1.67. The maximum atomic E-state index is 12.6. The molecule has 0 unspecified atom stereocenters. The Morgan fingerprint density at radius 3 is 2.34 bits per heavy atom. The number of carbonyl (C=O) groups excluding carboxylic acids is 2. The summed E-state index contributed by atoms with van der Waals surface area (Å²) < 4.78 is 5.31. The third kappa shape index (κ3) is 5.35. The van der Waals surface area contributed by atoms with Crippen LogP contribution in [-0.4, -0.2) is 25.5 Å². The van der Waals surface area contributed by atoms with E-state index in [9.17, 15) is 9.59 Å². The lowest BCUT2D eigenvalue weighted by molar-refractivity contribution is -0.114. The van der Waals surface area contributed by atoms with Crippen LogP contribution in [0, 0.1) is 6.92 Å². The van der Waals surface area contributed by atoms with Crippen LogP contribution < -0.4 is 20.7 Å². The zero-order valence-corrected chi connectivity index (χ0v) is 16.4. The van der Waals surface area contributed by atoms with Crippen molar-refractivity contribution in [1.29, 1.82) is 0 Å². The Hall–Kier alpha value is -3.80. The lowest BCUT2D eigenvalue weighted by Gasteiger charge is -2.14. The van der Waals surface area contributed by atoms with E-state index in [2.05, 4.69) is 16.0 Å². The van der Waals surface area contributed by atoms with Crippen molar-refractivity contribution in [3.63, 3.8) is 0 Å². The van der Waals surface area contributed by atoms with Crippen molar-refractivity contribution >= 4 is 28.9 Å². The molecule has 29 heavy (non-hydrogen) atoms. The number of ether oxygens (including phenoxy) is 1. The first-order chi connectivity index (χ1) is 14.1. The molecular formula is C23H23N3O3. The quantitative estimate of drug-likeness (QED) is 0.563. The molecule has 148 valence electrons. The molecule has 0 aliphatic carbocycles. The van der Waals surface area contributed by atoms with Gasteiger partial charge in [0.25, 0.3) is 5.91 Å². The van der Waals surface area contributed by atoms with Gasteiger partial charge in [0, 0.05) is 5.69 Å². The summed E-state index contributed by atoms with van der Waals surface area (Å²) in [5, 5.41) is 8.70. The molecule has 3 rings (SSSR count). The van der Waals surface area contributed by atoms with Crippen molar-refractivity contribution in [1.82, 2.24) is 0 Å². The first-order valence-corrected chi connectivity index (χ1v) is 9.20. The smallest absolute Gasteiger partial charge is 0.257 e. The standard InChI is InChI=1S/C23H23N3O3/c1-16-12-13-21(29-2)20(14-16)24-15-22(27)26-19-11-7-6-10-18(19)23(28)25-17-8-4-3-5-9-17/h3-14,24H,15H2,1-2H3,(H,25,28)(H,26,27). The fourth-order valence-corrected chi connectivity index (χ4v) is 2.84. The second kappa shape index (κ2) is 9.41. The number of anilines is 3. The average molecular weight is 389 g/mol. The van der Waals surface area contributed by atoms with Crippen LogP contribution >= 0.6 is 0 Å². The van der Waals surface area contributed by atoms with Crippen LogP contribution in [0.2, 0.25) is 0 Å². The molecule has 0 aromatic heterocycles. The van der Waals surface area contributed by atoms with E-state index in [1.54, 1.807) is 43.5 Å². The minimum atomic E-state index is -0.291. The van der Waals surface area contributed by atoms with Gasteiger partial charge in [0.2, 0.25) is 5.91 Å². The molecule has 0 aliphatic heterocycles. The fourth-order valence-electron chi connectivity index (χ4n) is 2.84. The van der Waals surface area contributed by atoms with Crippen molar-refractivity contribution in [3.8, 4) is 5.75 Å². The second-order valence-corrected chi connectivity index (χ2v) is 6.47. The van der Waals surface area contributed by atoms with E-state index in [-0.39, 0.29) is 18.4 Å². The molecule has 3 N–H and O–H groups in total. The molecule has 0 fully saturated rings. The number of hydrogen-bond acceptors (Lipinski definition) is 4. The molecular weight excluding hydrogens is 366 g/mol. The van der Waals surface area contributed by atoms with Crippen LogP contribution in [0.5, 0.6) is 5.75 Å². The van der Waals surface area contributed by atoms with Gasteiger partial charge in [-0.25, -0.2) is 0 Å². The predicted octanol–water partition coefficient (Wildman–Crippen LogP) is 4.31. The molecule has 3 aromatic rings. The van der Waals surface area contributed by atoms with E-state index < -0.39 is 0 Å². The molecule has 6 heteroatoms. The highest BCUT2D eigenvalue weighted by Crippen LogP contribution is 2.25. The average Bonchev–Trinajstić information content (AvgIpc) is 2.73. The predicted molar refractivity (Wildman–Crippen MR) is 116 cm³/mol. The molecule has 0 atom stereocenters. The molecule has 2 amide bonds. The number of methoxy groups -OCH3 is 1. The number of amides is 2. The normalized spacial score (nSPS) is 10.1.